The molecule has 1 N–H and O–H groups in total. The van der Waals surface area contributed by atoms with Gasteiger partial charge in [0.25, 0.3) is 0 Å². The van der Waals surface area contributed by atoms with Gasteiger partial charge in [0, 0.05) is 21.6 Å². The minimum Gasteiger partial charge on any atom is -0.355 e. The van der Waals surface area contributed by atoms with Gasteiger partial charge in [0.1, 0.15) is 4.08 Å². The number of H-pyrrole nitrogens is 1. The zero-order chi connectivity index (χ0) is 17.3. The van der Waals surface area contributed by atoms with E-state index in [-0.39, 0.29) is 4.08 Å². The normalized spacial score (nSPS) is 17.4. The van der Waals surface area contributed by atoms with Crippen LogP contribution in [-0.2, 0) is 4.08 Å². The predicted octanol–water partition coefficient (Wildman–Crippen LogP) is 6.87. The van der Waals surface area contributed by atoms with Crippen molar-refractivity contribution in [2.24, 2.45) is 0 Å². The summed E-state index contributed by atoms with van der Waals surface area (Å²) in [4.78, 5) is 3.55. The first-order valence-corrected chi connectivity index (χ1v) is 10.8. The molecule has 0 aliphatic carbocycles. The van der Waals surface area contributed by atoms with Crippen LogP contribution in [0, 0.1) is 6.92 Å². The second-order valence-corrected chi connectivity index (χ2v) is 9.64. The Morgan fingerprint density at radius 3 is 2.48 bits per heavy atom. The molecule has 0 radical (unpaired) electrons. The maximum Gasteiger partial charge on any atom is 0.105 e. The maximum absolute atomic E-state index is 6.10. The highest BCUT2D eigenvalue weighted by atomic mass is 35.5. The molecule has 0 saturated carbocycles. The van der Waals surface area contributed by atoms with Gasteiger partial charge in [0.05, 0.1) is 0 Å². The lowest BCUT2D eigenvalue weighted by atomic mass is 10.1. The van der Waals surface area contributed by atoms with E-state index < -0.39 is 0 Å². The number of para-hydroxylation sites is 1. The quantitative estimate of drug-likeness (QED) is 0.529. The largest absolute Gasteiger partial charge is 0.355 e. The molecule has 1 nitrogen and oxygen atoms in total. The van der Waals surface area contributed by atoms with Crippen LogP contribution in [0.15, 0.2) is 54.6 Å². The van der Waals surface area contributed by atoms with Gasteiger partial charge < -0.3 is 4.98 Å². The molecule has 1 aliphatic heterocycles. The number of nitrogens with one attached hydrogen (secondary N) is 1. The van der Waals surface area contributed by atoms with Gasteiger partial charge in [-0.05, 0) is 60.3 Å². The van der Waals surface area contributed by atoms with E-state index >= 15 is 0 Å². The molecule has 1 fully saturated rings. The Morgan fingerprint density at radius 1 is 1.04 bits per heavy atom. The molecule has 1 aromatic heterocycles. The van der Waals surface area contributed by atoms with Gasteiger partial charge in [0.15, 0.2) is 0 Å². The van der Waals surface area contributed by atoms with Crippen LogP contribution in [0.25, 0.3) is 17.0 Å². The van der Waals surface area contributed by atoms with Crippen molar-refractivity contribution in [2.45, 2.75) is 17.4 Å². The summed E-state index contributed by atoms with van der Waals surface area (Å²) >= 11 is 10.1. The van der Waals surface area contributed by atoms with E-state index in [1.54, 1.807) is 0 Å². The van der Waals surface area contributed by atoms with Crippen molar-refractivity contribution >= 4 is 52.1 Å². The Balaban J connectivity index is 1.74. The lowest BCUT2D eigenvalue weighted by molar-refractivity contribution is 1.04. The first-order valence-electron chi connectivity index (χ1n) is 8.48. The van der Waals surface area contributed by atoms with E-state index in [1.165, 1.54) is 45.7 Å². The van der Waals surface area contributed by atoms with Gasteiger partial charge in [-0.15, -0.1) is 23.5 Å². The summed E-state index contributed by atoms with van der Waals surface area (Å²) in [6.45, 7) is 2.19. The molecule has 0 spiro atoms. The van der Waals surface area contributed by atoms with Crippen LogP contribution in [0.3, 0.4) is 0 Å². The fraction of sp³-hybridized carbons (Fsp3) is 0.238. The molecular formula is C21H20ClNS2. The van der Waals surface area contributed by atoms with Crippen molar-refractivity contribution in [1.29, 1.82) is 0 Å². The molecule has 1 aliphatic rings. The van der Waals surface area contributed by atoms with E-state index in [0.29, 0.717) is 0 Å². The van der Waals surface area contributed by atoms with Crippen LogP contribution in [-0.4, -0.2) is 16.5 Å². The van der Waals surface area contributed by atoms with Crippen LogP contribution in [0.1, 0.15) is 23.2 Å². The predicted molar refractivity (Wildman–Crippen MR) is 115 cm³/mol. The topological polar surface area (TPSA) is 15.8 Å². The molecule has 3 aromatic rings. The number of rotatable bonds is 3. The molecule has 1 saturated heterocycles. The third kappa shape index (κ3) is 3.38. The number of benzene rings is 2. The number of hydrogen-bond acceptors (Lipinski definition) is 2. The molecule has 0 atom stereocenters. The molecule has 0 amide bonds. The fourth-order valence-corrected chi connectivity index (χ4v) is 6.51. The second-order valence-electron chi connectivity index (χ2n) is 6.27. The van der Waals surface area contributed by atoms with E-state index in [2.05, 4.69) is 60.5 Å². The van der Waals surface area contributed by atoms with Crippen LogP contribution in [0.2, 0.25) is 5.02 Å². The standard InChI is InChI=1S/C21H20ClNS2/c1-15-18-5-2-3-6-20(18)23-19(15)11-12-21(24-13-4-14-25-21)16-7-9-17(22)10-8-16/h2-3,5-12,23H,4,13-14H2,1H3/b12-11+. The summed E-state index contributed by atoms with van der Waals surface area (Å²) in [5, 5.41) is 2.09. The average Bonchev–Trinajstić information content (AvgIpc) is 2.98. The third-order valence-electron chi connectivity index (χ3n) is 4.64. The first-order chi connectivity index (χ1) is 12.2. The van der Waals surface area contributed by atoms with Crippen LogP contribution < -0.4 is 0 Å². The maximum atomic E-state index is 6.10. The molecule has 2 aromatic carbocycles. The van der Waals surface area contributed by atoms with Gasteiger partial charge in [-0.25, -0.2) is 0 Å². The Hall–Kier alpha value is -1.29. The summed E-state index contributed by atoms with van der Waals surface area (Å²) in [6, 6.07) is 16.8. The minimum absolute atomic E-state index is 0.0351. The van der Waals surface area contributed by atoms with Crippen LogP contribution >= 0.6 is 35.1 Å². The Labute approximate surface area is 162 Å². The highest BCUT2D eigenvalue weighted by molar-refractivity contribution is 8.18. The number of fused-ring (bicyclic) bond motifs is 1. The summed E-state index contributed by atoms with van der Waals surface area (Å²) in [5.41, 5.74) is 5.02. The zero-order valence-electron chi connectivity index (χ0n) is 14.1. The number of aromatic nitrogens is 1. The van der Waals surface area contributed by atoms with E-state index in [1.807, 2.05) is 35.7 Å². The highest BCUT2D eigenvalue weighted by Crippen LogP contribution is 2.51. The second kappa shape index (κ2) is 7.14. The summed E-state index contributed by atoms with van der Waals surface area (Å²) in [7, 11) is 0. The Morgan fingerprint density at radius 2 is 1.76 bits per heavy atom. The van der Waals surface area contributed by atoms with E-state index in [9.17, 15) is 0 Å². The molecular weight excluding hydrogens is 366 g/mol. The summed E-state index contributed by atoms with van der Waals surface area (Å²) < 4.78 is -0.0351. The molecule has 0 bridgehead atoms. The molecule has 128 valence electrons. The molecule has 0 unspecified atom stereocenters. The van der Waals surface area contributed by atoms with Gasteiger partial charge in [-0.1, -0.05) is 48.0 Å². The fourth-order valence-electron chi connectivity index (χ4n) is 3.25. The number of halogens is 1. The Kier molecular flexibility index (Phi) is 4.90. The van der Waals surface area contributed by atoms with Gasteiger partial charge in [0.2, 0.25) is 0 Å². The number of aryl methyl sites for hydroxylation is 1. The van der Waals surface area contributed by atoms with E-state index in [4.69, 9.17) is 11.6 Å². The summed E-state index contributed by atoms with van der Waals surface area (Å²) in [6.07, 6.45) is 5.89. The van der Waals surface area contributed by atoms with Gasteiger partial charge in [-0.2, -0.15) is 0 Å². The molecule has 25 heavy (non-hydrogen) atoms. The highest BCUT2D eigenvalue weighted by Gasteiger charge is 2.33. The van der Waals surface area contributed by atoms with Crippen molar-refractivity contribution in [1.82, 2.24) is 4.98 Å². The van der Waals surface area contributed by atoms with Crippen molar-refractivity contribution in [3.05, 3.63) is 76.5 Å². The van der Waals surface area contributed by atoms with E-state index in [0.717, 1.165) is 5.02 Å². The molecule has 4 rings (SSSR count). The Bertz CT molecular complexity index is 905. The van der Waals surface area contributed by atoms with Gasteiger partial charge in [-0.3, -0.25) is 0 Å². The molecule has 4 heteroatoms. The number of hydrogen-bond donors (Lipinski definition) is 1. The van der Waals surface area contributed by atoms with Crippen molar-refractivity contribution in [3.63, 3.8) is 0 Å². The lowest BCUT2D eigenvalue weighted by Gasteiger charge is -2.34. The number of thioether (sulfide) groups is 2. The first kappa shape index (κ1) is 17.1. The van der Waals surface area contributed by atoms with Crippen molar-refractivity contribution < 1.29 is 0 Å². The average molecular weight is 386 g/mol. The smallest absolute Gasteiger partial charge is 0.105 e. The summed E-state index contributed by atoms with van der Waals surface area (Å²) in [5.74, 6) is 2.37. The lowest BCUT2D eigenvalue weighted by Crippen LogP contribution is -2.20. The third-order valence-corrected chi connectivity index (χ3v) is 8.19. The minimum atomic E-state index is -0.0351. The van der Waals surface area contributed by atoms with Crippen molar-refractivity contribution in [2.75, 3.05) is 11.5 Å². The van der Waals surface area contributed by atoms with Gasteiger partial charge >= 0.3 is 0 Å². The molecule has 2 heterocycles. The monoisotopic (exact) mass is 385 g/mol. The number of aromatic amines is 1. The SMILES string of the molecule is Cc1c(/C=C/C2(c3ccc(Cl)cc3)SCCCS2)[nH]c2ccccc12. The zero-order valence-corrected chi connectivity index (χ0v) is 16.5. The van der Waals surface area contributed by atoms with Crippen LogP contribution in [0.5, 0.6) is 0 Å². The van der Waals surface area contributed by atoms with Crippen LogP contribution in [0.4, 0.5) is 0 Å². The van der Waals surface area contributed by atoms with Crippen molar-refractivity contribution in [3.8, 4) is 0 Å².